The largest absolute Gasteiger partial charge is 0.496 e. The van der Waals surface area contributed by atoms with Crippen LogP contribution in [0.4, 0.5) is 0 Å². The van der Waals surface area contributed by atoms with E-state index in [1.54, 1.807) is 7.11 Å². The fourth-order valence-corrected chi connectivity index (χ4v) is 2.77. The van der Waals surface area contributed by atoms with Gasteiger partial charge in [-0.2, -0.15) is 5.10 Å². The second kappa shape index (κ2) is 5.05. The van der Waals surface area contributed by atoms with E-state index in [2.05, 4.69) is 16.5 Å². The first-order valence-electron chi connectivity index (χ1n) is 6.66. The lowest BCUT2D eigenvalue weighted by Gasteiger charge is -2.14. The average Bonchev–Trinajstić information content (AvgIpc) is 2.77. The number of para-hydroxylation sites is 1. The Balaban J connectivity index is 1.95. The van der Waals surface area contributed by atoms with Gasteiger partial charge in [0.25, 0.3) is 0 Å². The summed E-state index contributed by atoms with van der Waals surface area (Å²) >= 11 is 0. The molecule has 1 aliphatic rings. The van der Waals surface area contributed by atoms with Crippen molar-refractivity contribution in [1.82, 2.24) is 15.1 Å². The first-order chi connectivity index (χ1) is 9.29. The molecular weight excluding hydrogens is 238 g/mol. The van der Waals surface area contributed by atoms with Crippen LogP contribution < -0.4 is 10.1 Å². The maximum absolute atomic E-state index is 5.42. The van der Waals surface area contributed by atoms with Crippen molar-refractivity contribution in [2.75, 3.05) is 13.7 Å². The van der Waals surface area contributed by atoms with Crippen LogP contribution in [0.5, 0.6) is 5.75 Å². The standard InChI is InChI=1S/C15H19N3O/c1-18-14-7-8-16-10-12(14)13(17-18)9-11-5-3-4-6-15(11)19-2/h3-6,16H,7-10H2,1-2H3. The number of fused-ring (bicyclic) bond motifs is 1. The van der Waals surface area contributed by atoms with Crippen LogP contribution in [0.15, 0.2) is 24.3 Å². The molecule has 0 amide bonds. The molecule has 0 fully saturated rings. The average molecular weight is 257 g/mol. The second-order valence-corrected chi connectivity index (χ2v) is 4.91. The van der Waals surface area contributed by atoms with Crippen LogP contribution in [0.25, 0.3) is 0 Å². The SMILES string of the molecule is COc1ccccc1Cc1nn(C)c2c1CNCC2. The zero-order chi connectivity index (χ0) is 13.2. The predicted molar refractivity (Wildman–Crippen MR) is 74.4 cm³/mol. The third-order valence-corrected chi connectivity index (χ3v) is 3.75. The zero-order valence-electron chi connectivity index (χ0n) is 11.4. The molecule has 4 nitrogen and oxygen atoms in total. The van der Waals surface area contributed by atoms with Crippen LogP contribution in [0.1, 0.15) is 22.5 Å². The molecule has 1 aliphatic heterocycles. The lowest BCUT2D eigenvalue weighted by molar-refractivity contribution is 0.410. The topological polar surface area (TPSA) is 39.1 Å². The Bertz CT molecular complexity index is 589. The molecule has 1 aromatic heterocycles. The number of methoxy groups -OCH3 is 1. The quantitative estimate of drug-likeness (QED) is 0.909. The first-order valence-corrected chi connectivity index (χ1v) is 6.66. The number of nitrogens with zero attached hydrogens (tertiary/aromatic N) is 2. The maximum atomic E-state index is 5.42. The van der Waals surface area contributed by atoms with Crippen molar-refractivity contribution >= 4 is 0 Å². The summed E-state index contributed by atoms with van der Waals surface area (Å²) in [7, 11) is 3.75. The Kier molecular flexibility index (Phi) is 3.25. The number of rotatable bonds is 3. The van der Waals surface area contributed by atoms with E-state index in [0.29, 0.717) is 0 Å². The number of hydrogen-bond donors (Lipinski definition) is 1. The van der Waals surface area contributed by atoms with E-state index in [-0.39, 0.29) is 0 Å². The summed E-state index contributed by atoms with van der Waals surface area (Å²) in [4.78, 5) is 0. The third kappa shape index (κ3) is 2.24. The molecule has 0 atom stereocenters. The summed E-state index contributed by atoms with van der Waals surface area (Å²) in [6, 6.07) is 8.16. The van der Waals surface area contributed by atoms with Gasteiger partial charge in [0, 0.05) is 49.8 Å². The minimum atomic E-state index is 0.828. The van der Waals surface area contributed by atoms with Gasteiger partial charge in [0.1, 0.15) is 5.75 Å². The highest BCUT2D eigenvalue weighted by Crippen LogP contribution is 2.24. The minimum absolute atomic E-state index is 0.828. The minimum Gasteiger partial charge on any atom is -0.496 e. The molecule has 0 saturated carbocycles. The molecule has 19 heavy (non-hydrogen) atoms. The van der Waals surface area contributed by atoms with Crippen molar-refractivity contribution in [1.29, 1.82) is 0 Å². The highest BCUT2D eigenvalue weighted by atomic mass is 16.5. The Labute approximate surface area is 113 Å². The van der Waals surface area contributed by atoms with Gasteiger partial charge in [0.2, 0.25) is 0 Å². The van der Waals surface area contributed by atoms with Crippen LogP contribution in [-0.4, -0.2) is 23.4 Å². The Morgan fingerprint density at radius 2 is 2.21 bits per heavy atom. The van der Waals surface area contributed by atoms with Crippen molar-refractivity contribution in [2.24, 2.45) is 7.05 Å². The van der Waals surface area contributed by atoms with Gasteiger partial charge in [-0.3, -0.25) is 4.68 Å². The van der Waals surface area contributed by atoms with E-state index in [0.717, 1.165) is 37.4 Å². The van der Waals surface area contributed by atoms with Crippen LogP contribution >= 0.6 is 0 Å². The van der Waals surface area contributed by atoms with Gasteiger partial charge in [-0.25, -0.2) is 0 Å². The van der Waals surface area contributed by atoms with E-state index in [1.807, 2.05) is 29.9 Å². The molecular formula is C15H19N3O. The molecule has 2 heterocycles. The van der Waals surface area contributed by atoms with E-state index in [1.165, 1.54) is 16.8 Å². The lowest BCUT2D eigenvalue weighted by atomic mass is 10.0. The molecule has 2 aromatic rings. The smallest absolute Gasteiger partial charge is 0.122 e. The molecule has 4 heteroatoms. The van der Waals surface area contributed by atoms with Gasteiger partial charge in [-0.1, -0.05) is 18.2 Å². The number of aromatic nitrogens is 2. The molecule has 0 saturated heterocycles. The summed E-state index contributed by atoms with van der Waals surface area (Å²) in [5.74, 6) is 0.936. The van der Waals surface area contributed by atoms with Gasteiger partial charge in [0.05, 0.1) is 12.8 Å². The number of nitrogens with one attached hydrogen (secondary N) is 1. The van der Waals surface area contributed by atoms with Gasteiger partial charge in [-0.15, -0.1) is 0 Å². The van der Waals surface area contributed by atoms with Crippen LogP contribution in [-0.2, 0) is 26.4 Å². The summed E-state index contributed by atoms with van der Waals surface area (Å²) in [6.45, 7) is 1.97. The summed E-state index contributed by atoms with van der Waals surface area (Å²) in [5, 5.41) is 8.11. The monoisotopic (exact) mass is 257 g/mol. The van der Waals surface area contributed by atoms with E-state index in [9.17, 15) is 0 Å². The molecule has 100 valence electrons. The highest BCUT2D eigenvalue weighted by Gasteiger charge is 2.19. The number of hydrogen-bond acceptors (Lipinski definition) is 3. The Morgan fingerprint density at radius 3 is 3.05 bits per heavy atom. The molecule has 0 spiro atoms. The van der Waals surface area contributed by atoms with Gasteiger partial charge < -0.3 is 10.1 Å². The van der Waals surface area contributed by atoms with Crippen molar-refractivity contribution < 1.29 is 4.74 Å². The molecule has 0 aliphatic carbocycles. The summed E-state index contributed by atoms with van der Waals surface area (Å²) in [5.41, 5.74) is 5.08. The number of benzene rings is 1. The van der Waals surface area contributed by atoms with E-state index >= 15 is 0 Å². The fourth-order valence-electron chi connectivity index (χ4n) is 2.77. The molecule has 1 N–H and O–H groups in total. The van der Waals surface area contributed by atoms with E-state index < -0.39 is 0 Å². The molecule has 3 rings (SSSR count). The molecule has 0 bridgehead atoms. The van der Waals surface area contributed by atoms with Gasteiger partial charge in [0.15, 0.2) is 0 Å². The van der Waals surface area contributed by atoms with Crippen molar-refractivity contribution in [3.63, 3.8) is 0 Å². The lowest BCUT2D eigenvalue weighted by Crippen LogP contribution is -2.24. The van der Waals surface area contributed by atoms with Crippen molar-refractivity contribution in [2.45, 2.75) is 19.4 Å². The fraction of sp³-hybridized carbons (Fsp3) is 0.400. The van der Waals surface area contributed by atoms with Crippen molar-refractivity contribution in [3.05, 3.63) is 46.8 Å². The second-order valence-electron chi connectivity index (χ2n) is 4.91. The first kappa shape index (κ1) is 12.2. The molecule has 0 unspecified atom stereocenters. The molecule has 0 radical (unpaired) electrons. The van der Waals surface area contributed by atoms with Crippen molar-refractivity contribution in [3.8, 4) is 5.75 Å². The predicted octanol–water partition coefficient (Wildman–Crippen LogP) is 1.67. The Hall–Kier alpha value is -1.81. The van der Waals surface area contributed by atoms with Gasteiger partial charge >= 0.3 is 0 Å². The highest BCUT2D eigenvalue weighted by molar-refractivity contribution is 5.39. The maximum Gasteiger partial charge on any atom is 0.122 e. The van der Waals surface area contributed by atoms with Crippen LogP contribution in [0, 0.1) is 0 Å². The Morgan fingerprint density at radius 1 is 1.37 bits per heavy atom. The normalized spacial score (nSPS) is 14.2. The number of aryl methyl sites for hydroxylation is 1. The van der Waals surface area contributed by atoms with Crippen LogP contribution in [0.3, 0.4) is 0 Å². The van der Waals surface area contributed by atoms with Crippen LogP contribution in [0.2, 0.25) is 0 Å². The zero-order valence-corrected chi connectivity index (χ0v) is 11.4. The summed E-state index contributed by atoms with van der Waals surface area (Å²) < 4.78 is 7.45. The van der Waals surface area contributed by atoms with E-state index in [4.69, 9.17) is 4.74 Å². The number of ether oxygens (including phenoxy) is 1. The molecule has 1 aromatic carbocycles. The van der Waals surface area contributed by atoms with Gasteiger partial charge in [-0.05, 0) is 6.07 Å². The third-order valence-electron chi connectivity index (χ3n) is 3.75. The summed E-state index contributed by atoms with van der Waals surface area (Å²) in [6.07, 6.45) is 1.89.